The first-order valence-electron chi connectivity index (χ1n) is 13.9. The Kier molecular flexibility index (Phi) is 7.76. The second-order valence-corrected chi connectivity index (χ2v) is 11.3. The number of ketones is 1. The number of fused-ring (bicyclic) bond motifs is 1. The summed E-state index contributed by atoms with van der Waals surface area (Å²) in [7, 11) is 4.06. The first kappa shape index (κ1) is 26.9. The smallest absolute Gasteiger partial charge is 0.251 e. The van der Waals surface area contributed by atoms with Crippen LogP contribution in [0.1, 0.15) is 66.1 Å². The molecule has 0 spiro atoms. The van der Waals surface area contributed by atoms with Crippen LogP contribution < -0.4 is 14.8 Å². The number of hydrogen-bond donors (Lipinski definition) is 1. The van der Waals surface area contributed by atoms with Gasteiger partial charge in [0.2, 0.25) is 6.79 Å². The normalized spacial score (nSPS) is 15.0. The van der Waals surface area contributed by atoms with Crippen LogP contribution in [0.3, 0.4) is 0 Å². The van der Waals surface area contributed by atoms with E-state index in [-0.39, 0.29) is 18.5 Å². The van der Waals surface area contributed by atoms with E-state index in [2.05, 4.69) is 42.3 Å². The van der Waals surface area contributed by atoms with Crippen molar-refractivity contribution in [3.63, 3.8) is 0 Å². The summed E-state index contributed by atoms with van der Waals surface area (Å²) in [5.41, 5.74) is 5.64. The van der Waals surface area contributed by atoms with Gasteiger partial charge in [0.15, 0.2) is 11.5 Å². The van der Waals surface area contributed by atoms with Crippen molar-refractivity contribution < 1.29 is 19.1 Å². The molecular weight excluding hydrogens is 488 g/mol. The third-order valence-electron chi connectivity index (χ3n) is 7.84. The van der Waals surface area contributed by atoms with Crippen molar-refractivity contribution in [1.82, 2.24) is 10.2 Å². The lowest BCUT2D eigenvalue weighted by Gasteiger charge is -2.18. The fourth-order valence-corrected chi connectivity index (χ4v) is 5.37. The summed E-state index contributed by atoms with van der Waals surface area (Å²) in [6.45, 7) is 6.18. The number of hydrogen-bond acceptors (Lipinski definition) is 5. The van der Waals surface area contributed by atoms with Crippen LogP contribution in [-0.4, -0.2) is 50.6 Å². The van der Waals surface area contributed by atoms with Crippen LogP contribution in [0.25, 0.3) is 11.1 Å². The van der Waals surface area contributed by atoms with E-state index in [4.69, 9.17) is 9.47 Å². The van der Waals surface area contributed by atoms with E-state index in [1.807, 2.05) is 56.6 Å². The molecule has 1 saturated carbocycles. The predicted molar refractivity (Wildman–Crippen MR) is 154 cm³/mol. The highest BCUT2D eigenvalue weighted by molar-refractivity contribution is 5.96. The van der Waals surface area contributed by atoms with Gasteiger partial charge in [-0.05, 0) is 97.9 Å². The Hall–Kier alpha value is -3.64. The largest absolute Gasteiger partial charge is 0.454 e. The second-order valence-electron chi connectivity index (χ2n) is 11.3. The van der Waals surface area contributed by atoms with E-state index in [0.717, 1.165) is 59.6 Å². The van der Waals surface area contributed by atoms with Gasteiger partial charge in [0.1, 0.15) is 5.78 Å². The number of benzene rings is 3. The fourth-order valence-electron chi connectivity index (χ4n) is 5.37. The van der Waals surface area contributed by atoms with Crippen LogP contribution in [0.15, 0.2) is 60.7 Å². The summed E-state index contributed by atoms with van der Waals surface area (Å²) >= 11 is 0. The SMILES string of the molecule is CC(C)c1ccc(CC(=O)C2(c3ccc4c(c3)OCO4)CC2)cc1-c1ccc(C(=O)NCCCN(C)C)cc1. The topological polar surface area (TPSA) is 67.9 Å². The number of nitrogens with one attached hydrogen (secondary N) is 1. The van der Waals surface area contributed by atoms with Crippen LogP contribution in [0, 0.1) is 0 Å². The highest BCUT2D eigenvalue weighted by atomic mass is 16.7. The Morgan fingerprint density at radius 3 is 2.38 bits per heavy atom. The lowest BCUT2D eigenvalue weighted by atomic mass is 9.85. The minimum Gasteiger partial charge on any atom is -0.454 e. The van der Waals surface area contributed by atoms with E-state index < -0.39 is 5.41 Å². The molecule has 1 heterocycles. The summed E-state index contributed by atoms with van der Waals surface area (Å²) < 4.78 is 11.0. The number of carbonyl (C=O) groups is 2. The molecule has 2 aliphatic rings. The van der Waals surface area contributed by atoms with Gasteiger partial charge in [-0.1, -0.05) is 50.2 Å². The quantitative estimate of drug-likeness (QED) is 0.323. The molecule has 0 bridgehead atoms. The number of rotatable bonds is 11. The number of amides is 1. The van der Waals surface area contributed by atoms with E-state index in [1.165, 1.54) is 5.56 Å². The predicted octanol–water partition coefficient (Wildman–Crippen LogP) is 5.73. The molecule has 204 valence electrons. The molecule has 0 aromatic heterocycles. The number of nitrogens with zero attached hydrogens (tertiary/aromatic N) is 1. The molecule has 0 radical (unpaired) electrons. The molecule has 0 unspecified atom stereocenters. The molecule has 1 N–H and O–H groups in total. The molecule has 5 rings (SSSR count). The third-order valence-corrected chi connectivity index (χ3v) is 7.84. The van der Waals surface area contributed by atoms with Crippen LogP contribution >= 0.6 is 0 Å². The molecule has 1 fully saturated rings. The fraction of sp³-hybridized carbons (Fsp3) is 0.394. The summed E-state index contributed by atoms with van der Waals surface area (Å²) in [6, 6.07) is 20.1. The van der Waals surface area contributed by atoms with Gasteiger partial charge in [-0.25, -0.2) is 0 Å². The summed E-state index contributed by atoms with van der Waals surface area (Å²) in [5, 5.41) is 3.00. The minimum atomic E-state index is -0.431. The van der Waals surface area contributed by atoms with Crippen molar-refractivity contribution in [1.29, 1.82) is 0 Å². The van der Waals surface area contributed by atoms with Gasteiger partial charge >= 0.3 is 0 Å². The van der Waals surface area contributed by atoms with E-state index in [9.17, 15) is 9.59 Å². The average Bonchev–Trinajstić information content (AvgIpc) is 3.61. The van der Waals surface area contributed by atoms with Gasteiger partial charge < -0.3 is 19.7 Å². The van der Waals surface area contributed by atoms with Crippen LogP contribution in [0.4, 0.5) is 0 Å². The third kappa shape index (κ3) is 5.86. The zero-order valence-corrected chi connectivity index (χ0v) is 23.4. The summed E-state index contributed by atoms with van der Waals surface area (Å²) in [6.07, 6.45) is 3.02. The summed E-state index contributed by atoms with van der Waals surface area (Å²) in [4.78, 5) is 28.3. The highest BCUT2D eigenvalue weighted by Gasteiger charge is 2.50. The number of Topliss-reactive ketones (excluding diaryl/α,β-unsaturated/α-hetero) is 1. The molecule has 3 aromatic rings. The van der Waals surface area contributed by atoms with Crippen molar-refractivity contribution in [2.75, 3.05) is 34.0 Å². The van der Waals surface area contributed by atoms with Crippen molar-refractivity contribution in [2.24, 2.45) is 0 Å². The Balaban J connectivity index is 1.32. The molecular formula is C33H38N2O4. The van der Waals surface area contributed by atoms with Crippen LogP contribution in [-0.2, 0) is 16.6 Å². The van der Waals surface area contributed by atoms with E-state index in [1.54, 1.807) is 0 Å². The molecule has 1 aliphatic heterocycles. The molecule has 6 nitrogen and oxygen atoms in total. The van der Waals surface area contributed by atoms with Crippen molar-refractivity contribution in [3.8, 4) is 22.6 Å². The number of carbonyl (C=O) groups excluding carboxylic acids is 2. The molecule has 39 heavy (non-hydrogen) atoms. The molecule has 1 aliphatic carbocycles. The Bertz CT molecular complexity index is 1360. The minimum absolute atomic E-state index is 0.0537. The van der Waals surface area contributed by atoms with Gasteiger partial charge in [0.25, 0.3) is 5.91 Å². The van der Waals surface area contributed by atoms with Gasteiger partial charge in [0, 0.05) is 18.5 Å². The first-order chi connectivity index (χ1) is 18.8. The van der Waals surface area contributed by atoms with Crippen molar-refractivity contribution >= 4 is 11.7 Å². The second kappa shape index (κ2) is 11.2. The van der Waals surface area contributed by atoms with Crippen LogP contribution in [0.5, 0.6) is 11.5 Å². The highest BCUT2D eigenvalue weighted by Crippen LogP contribution is 2.51. The van der Waals surface area contributed by atoms with Gasteiger partial charge in [-0.15, -0.1) is 0 Å². The Morgan fingerprint density at radius 2 is 1.69 bits per heavy atom. The van der Waals surface area contributed by atoms with Gasteiger partial charge in [-0.2, -0.15) is 0 Å². The molecule has 0 atom stereocenters. The van der Waals surface area contributed by atoms with Gasteiger partial charge in [0.05, 0.1) is 5.41 Å². The lowest BCUT2D eigenvalue weighted by molar-refractivity contribution is -0.120. The maximum Gasteiger partial charge on any atom is 0.251 e. The average molecular weight is 527 g/mol. The zero-order valence-electron chi connectivity index (χ0n) is 23.4. The Morgan fingerprint density at radius 1 is 0.949 bits per heavy atom. The standard InChI is InChI=1S/C33H38N2O4/c1-22(2)27-12-6-23(19-31(36)33(14-15-33)26-11-13-29-30(20-26)39-21-38-29)18-28(27)24-7-9-25(10-8-24)32(37)34-16-5-17-35(3)4/h6-13,18,20,22H,5,14-17,19,21H2,1-4H3,(H,34,37). The monoisotopic (exact) mass is 526 g/mol. The van der Waals surface area contributed by atoms with Crippen LogP contribution in [0.2, 0.25) is 0 Å². The Labute approximate surface area is 231 Å². The molecule has 1 amide bonds. The molecule has 3 aromatic carbocycles. The molecule has 0 saturated heterocycles. The van der Waals surface area contributed by atoms with Gasteiger partial charge in [-0.3, -0.25) is 9.59 Å². The van der Waals surface area contributed by atoms with Crippen molar-refractivity contribution in [2.45, 2.75) is 50.9 Å². The van der Waals surface area contributed by atoms with E-state index in [0.29, 0.717) is 24.4 Å². The number of ether oxygens (including phenoxy) is 2. The van der Waals surface area contributed by atoms with Crippen molar-refractivity contribution in [3.05, 3.63) is 82.9 Å². The molecule has 6 heteroatoms. The van der Waals surface area contributed by atoms with E-state index >= 15 is 0 Å². The zero-order chi connectivity index (χ0) is 27.6. The lowest BCUT2D eigenvalue weighted by Crippen LogP contribution is -2.27. The first-order valence-corrected chi connectivity index (χ1v) is 13.9. The maximum atomic E-state index is 13.6. The summed E-state index contributed by atoms with van der Waals surface area (Å²) in [5.74, 6) is 1.98. The maximum absolute atomic E-state index is 13.6.